The maximum atomic E-state index is 12.9. The monoisotopic (exact) mass is 606 g/mol. The van der Waals surface area contributed by atoms with Crippen LogP contribution in [0.2, 0.25) is 5.02 Å². The number of halogens is 1. The number of aromatic amines is 1. The Hall–Kier alpha value is -4.49. The molecule has 6 rings (SSSR count). The molecule has 0 spiro atoms. The fourth-order valence-corrected chi connectivity index (χ4v) is 11.4. The zero-order valence-electron chi connectivity index (χ0n) is 24.1. The number of nitriles is 1. The Labute approximate surface area is 256 Å². The number of hydrogen-bond donors (Lipinski definition) is 2. The summed E-state index contributed by atoms with van der Waals surface area (Å²) in [7, 11) is -2.60. The maximum Gasteiger partial charge on any atom is 0.271 e. The highest BCUT2D eigenvalue weighted by Crippen LogP contribution is 2.44. The molecule has 10 heteroatoms. The molecule has 216 valence electrons. The number of H-pyrrole nitrogens is 1. The van der Waals surface area contributed by atoms with Crippen LogP contribution < -0.4 is 15.7 Å². The van der Waals surface area contributed by atoms with Gasteiger partial charge in [0.05, 0.1) is 34.6 Å². The van der Waals surface area contributed by atoms with Crippen molar-refractivity contribution in [1.82, 2.24) is 25.3 Å². The number of fused-ring (bicyclic) bond motifs is 1. The van der Waals surface area contributed by atoms with Gasteiger partial charge in [-0.1, -0.05) is 86.1 Å². The summed E-state index contributed by atoms with van der Waals surface area (Å²) in [4.78, 5) is 12.9. The van der Waals surface area contributed by atoms with Crippen LogP contribution in [0.15, 0.2) is 91.1 Å². The van der Waals surface area contributed by atoms with Gasteiger partial charge >= 0.3 is 0 Å². The summed E-state index contributed by atoms with van der Waals surface area (Å²) < 4.78 is 8.83. The van der Waals surface area contributed by atoms with E-state index in [2.05, 4.69) is 89.1 Å². The van der Waals surface area contributed by atoms with E-state index >= 15 is 0 Å². The number of aromatic nitrogens is 4. The van der Waals surface area contributed by atoms with Gasteiger partial charge in [0.15, 0.2) is 0 Å². The predicted octanol–water partition coefficient (Wildman–Crippen LogP) is 4.90. The van der Waals surface area contributed by atoms with E-state index in [1.54, 1.807) is 22.9 Å². The third-order valence-electron chi connectivity index (χ3n) is 8.31. The number of rotatable bonds is 9. The van der Waals surface area contributed by atoms with E-state index in [0.29, 0.717) is 29.4 Å². The molecule has 43 heavy (non-hydrogen) atoms. The Morgan fingerprint density at radius 2 is 1.88 bits per heavy atom. The van der Waals surface area contributed by atoms with E-state index < -0.39 is 8.32 Å². The average molecular weight is 607 g/mol. The van der Waals surface area contributed by atoms with Crippen molar-refractivity contribution in [2.24, 2.45) is 0 Å². The van der Waals surface area contributed by atoms with Crippen LogP contribution in [0.4, 0.5) is 0 Å². The van der Waals surface area contributed by atoms with Gasteiger partial charge in [0.2, 0.25) is 0 Å². The molecule has 2 atom stereocenters. The molecule has 8 nitrogen and oxygen atoms in total. The first kappa shape index (κ1) is 28.6. The highest BCUT2D eigenvalue weighted by atomic mass is 35.5. The summed E-state index contributed by atoms with van der Waals surface area (Å²) in [6, 6.07) is 30.0. The number of nitrogens with zero attached hydrogens (tertiary/aromatic N) is 4. The lowest BCUT2D eigenvalue weighted by atomic mass is 10.0. The van der Waals surface area contributed by atoms with Gasteiger partial charge in [-0.25, -0.2) is 0 Å². The minimum absolute atomic E-state index is 0.127. The molecule has 0 fully saturated rings. The van der Waals surface area contributed by atoms with Crippen molar-refractivity contribution < 1.29 is 9.22 Å². The standard InChI is InChI=1S/C33H31ClN6O2Si/c1-22(42-43(25-9-5-4-6-10-25)31-12-8-7-11-26(31)33(43,2)3)29-20-30(38-37-29)32(41)36-16-18-40-17-15-28(39-40)23-13-14-24(21-35)27(34)19-23/h4-15,17,19-20,22H,16,18H2,1-3H3,(H,36,41)(H,37,38)/t22-,43?/m0/s1. The maximum absolute atomic E-state index is 12.9. The highest BCUT2D eigenvalue weighted by molar-refractivity contribution is 7.03. The summed E-state index contributed by atoms with van der Waals surface area (Å²) in [5, 5.41) is 26.7. The summed E-state index contributed by atoms with van der Waals surface area (Å²) in [5.41, 5.74) is 4.36. The van der Waals surface area contributed by atoms with Crippen molar-refractivity contribution in [2.75, 3.05) is 6.54 Å². The third-order valence-corrected chi connectivity index (χ3v) is 13.7. The van der Waals surface area contributed by atoms with Gasteiger partial charge in [-0.15, -0.1) is 0 Å². The molecule has 0 saturated heterocycles. The quantitative estimate of drug-likeness (QED) is 0.232. The van der Waals surface area contributed by atoms with E-state index in [-0.39, 0.29) is 17.0 Å². The Kier molecular flexibility index (Phi) is 7.52. The van der Waals surface area contributed by atoms with Crippen molar-refractivity contribution in [3.8, 4) is 17.3 Å². The second-order valence-corrected chi connectivity index (χ2v) is 15.6. The smallest absolute Gasteiger partial charge is 0.271 e. The molecule has 3 heterocycles. The number of hydrogen-bond acceptors (Lipinski definition) is 5. The Morgan fingerprint density at radius 3 is 2.65 bits per heavy atom. The first-order valence-corrected chi connectivity index (χ1v) is 16.4. The number of benzene rings is 3. The van der Waals surface area contributed by atoms with E-state index in [0.717, 1.165) is 17.0 Å². The molecule has 5 aromatic rings. The van der Waals surface area contributed by atoms with E-state index in [4.69, 9.17) is 21.3 Å². The van der Waals surface area contributed by atoms with Crippen LogP contribution >= 0.6 is 11.6 Å². The molecule has 0 aliphatic carbocycles. The fourth-order valence-electron chi connectivity index (χ4n) is 6.04. The first-order valence-electron chi connectivity index (χ1n) is 14.1. The number of carbonyl (C=O) groups is 1. The van der Waals surface area contributed by atoms with Crippen LogP contribution in [0.25, 0.3) is 11.3 Å². The van der Waals surface area contributed by atoms with Crippen molar-refractivity contribution in [2.45, 2.75) is 38.5 Å². The van der Waals surface area contributed by atoms with Gasteiger partial charge in [0.1, 0.15) is 11.8 Å². The van der Waals surface area contributed by atoms with E-state index in [1.165, 1.54) is 15.9 Å². The lowest BCUT2D eigenvalue weighted by Crippen LogP contribution is -2.80. The fraction of sp³-hybridized carbons (Fsp3) is 0.212. The normalized spacial score (nSPS) is 17.4. The zero-order chi connectivity index (χ0) is 30.2. The second kappa shape index (κ2) is 11.3. The number of nitrogens with one attached hydrogen (secondary N) is 2. The molecular weight excluding hydrogens is 576 g/mol. The van der Waals surface area contributed by atoms with Crippen LogP contribution in [0, 0.1) is 11.3 Å². The van der Waals surface area contributed by atoms with Gasteiger partial charge in [-0.2, -0.15) is 15.5 Å². The second-order valence-electron chi connectivity index (χ2n) is 11.2. The zero-order valence-corrected chi connectivity index (χ0v) is 25.9. The Bertz CT molecular complexity index is 1840. The van der Waals surface area contributed by atoms with Gasteiger partial charge in [0, 0.05) is 23.3 Å². The van der Waals surface area contributed by atoms with Crippen LogP contribution in [-0.2, 0) is 16.0 Å². The number of carbonyl (C=O) groups excluding carboxylic acids is 1. The first-order chi connectivity index (χ1) is 20.7. The summed E-state index contributed by atoms with van der Waals surface area (Å²) in [6.45, 7) is 7.41. The molecule has 1 amide bonds. The van der Waals surface area contributed by atoms with Gasteiger partial charge < -0.3 is 9.74 Å². The molecule has 0 radical (unpaired) electrons. The highest BCUT2D eigenvalue weighted by Gasteiger charge is 2.63. The van der Waals surface area contributed by atoms with Crippen LogP contribution in [-0.4, -0.2) is 40.7 Å². The molecule has 1 aliphatic heterocycles. The van der Waals surface area contributed by atoms with Crippen LogP contribution in [0.1, 0.15) is 54.2 Å². The lowest BCUT2D eigenvalue weighted by Gasteiger charge is -2.55. The van der Waals surface area contributed by atoms with Gasteiger partial charge in [-0.05, 0) is 47.1 Å². The summed E-state index contributed by atoms with van der Waals surface area (Å²) >= 11 is 6.17. The minimum atomic E-state index is -2.60. The van der Waals surface area contributed by atoms with Crippen molar-refractivity contribution in [3.05, 3.63) is 119 Å². The summed E-state index contributed by atoms with van der Waals surface area (Å²) in [5.74, 6) is -0.273. The largest absolute Gasteiger partial charge is 0.399 e. The molecular formula is C33H31ClN6O2Si. The van der Waals surface area contributed by atoms with Crippen molar-refractivity contribution >= 4 is 36.2 Å². The van der Waals surface area contributed by atoms with Crippen molar-refractivity contribution in [1.29, 1.82) is 5.26 Å². The lowest BCUT2D eigenvalue weighted by molar-refractivity contribution is 0.0947. The van der Waals surface area contributed by atoms with E-state index in [1.807, 2.05) is 31.3 Å². The molecule has 1 unspecified atom stereocenters. The molecule has 1 aliphatic rings. The topological polar surface area (TPSA) is 109 Å². The third kappa shape index (κ3) is 4.97. The van der Waals surface area contributed by atoms with Crippen LogP contribution in [0.3, 0.4) is 0 Å². The van der Waals surface area contributed by atoms with Crippen molar-refractivity contribution in [3.63, 3.8) is 0 Å². The van der Waals surface area contributed by atoms with Crippen LogP contribution in [0.5, 0.6) is 0 Å². The predicted molar refractivity (Wildman–Crippen MR) is 169 cm³/mol. The molecule has 0 bridgehead atoms. The Morgan fingerprint density at radius 1 is 1.12 bits per heavy atom. The molecule has 2 N–H and O–H groups in total. The molecule has 0 saturated carbocycles. The molecule has 2 aromatic heterocycles. The van der Waals surface area contributed by atoms with E-state index in [9.17, 15) is 4.79 Å². The van der Waals surface area contributed by atoms with Gasteiger partial charge in [-0.3, -0.25) is 14.6 Å². The minimum Gasteiger partial charge on any atom is -0.399 e. The summed E-state index contributed by atoms with van der Waals surface area (Å²) in [6.07, 6.45) is 1.54. The van der Waals surface area contributed by atoms with Gasteiger partial charge in [0.25, 0.3) is 14.2 Å². The Balaban J connectivity index is 1.11. The molecule has 3 aromatic carbocycles. The number of amides is 1. The SMILES string of the molecule is C[C@H](O[Si]1(c2ccccc2)c2ccccc2C1(C)C)c1cc(C(=O)NCCn2ccc(-c3ccc(C#N)c(Cl)c3)n2)n[nH]1. The average Bonchev–Trinajstić information content (AvgIpc) is 3.71.